The topological polar surface area (TPSA) is 41.9 Å². The zero-order chi connectivity index (χ0) is 18.4. The van der Waals surface area contributed by atoms with E-state index in [2.05, 4.69) is 27.9 Å². The molecule has 0 aliphatic rings. The molecule has 0 amide bonds. The van der Waals surface area contributed by atoms with Gasteiger partial charge in [0.2, 0.25) is 0 Å². The molecule has 0 bridgehead atoms. The molecule has 0 saturated carbocycles. The molecule has 0 aliphatic carbocycles. The molecule has 1 aromatic heterocycles. The second kappa shape index (κ2) is 9.03. The van der Waals surface area contributed by atoms with Crippen molar-refractivity contribution in [3.63, 3.8) is 0 Å². The number of nitrogens with zero attached hydrogens (tertiary/aromatic N) is 2. The van der Waals surface area contributed by atoms with E-state index in [0.29, 0.717) is 27.5 Å². The van der Waals surface area contributed by atoms with E-state index in [-0.39, 0.29) is 0 Å². The molecule has 0 radical (unpaired) electrons. The molecule has 26 heavy (non-hydrogen) atoms. The maximum atomic E-state index is 6.21. The number of thiocarbonyl (C=S) groups is 1. The van der Waals surface area contributed by atoms with Gasteiger partial charge in [0.05, 0.1) is 6.54 Å². The SMILES string of the molecule is S=C(NCCc1ccccc1)Nc1ccn(Cc2ccc(Cl)cc2Cl)n1. The van der Waals surface area contributed by atoms with Crippen molar-refractivity contribution in [2.45, 2.75) is 13.0 Å². The van der Waals surface area contributed by atoms with Crippen LogP contribution in [0.4, 0.5) is 5.82 Å². The van der Waals surface area contributed by atoms with Crippen LogP contribution < -0.4 is 10.6 Å². The Morgan fingerprint density at radius 1 is 1.08 bits per heavy atom. The smallest absolute Gasteiger partial charge is 0.172 e. The first-order chi connectivity index (χ1) is 12.6. The van der Waals surface area contributed by atoms with Gasteiger partial charge in [0.15, 0.2) is 10.9 Å². The fourth-order valence-electron chi connectivity index (χ4n) is 2.47. The van der Waals surface area contributed by atoms with Crippen LogP contribution in [0.25, 0.3) is 0 Å². The van der Waals surface area contributed by atoms with E-state index in [9.17, 15) is 0 Å². The first kappa shape index (κ1) is 18.7. The zero-order valence-corrected chi connectivity index (χ0v) is 16.3. The van der Waals surface area contributed by atoms with E-state index >= 15 is 0 Å². The Morgan fingerprint density at radius 3 is 2.65 bits per heavy atom. The maximum absolute atomic E-state index is 6.21. The van der Waals surface area contributed by atoms with Crippen LogP contribution in [0.5, 0.6) is 0 Å². The molecule has 2 aromatic carbocycles. The van der Waals surface area contributed by atoms with E-state index in [1.807, 2.05) is 42.6 Å². The van der Waals surface area contributed by atoms with Crippen LogP contribution in [0.2, 0.25) is 10.0 Å². The number of halogens is 2. The quantitative estimate of drug-likeness (QED) is 0.580. The Balaban J connectivity index is 1.49. The highest BCUT2D eigenvalue weighted by molar-refractivity contribution is 7.80. The summed E-state index contributed by atoms with van der Waals surface area (Å²) >= 11 is 17.4. The van der Waals surface area contributed by atoms with Gasteiger partial charge in [-0.2, -0.15) is 5.10 Å². The van der Waals surface area contributed by atoms with Gasteiger partial charge in [0.25, 0.3) is 0 Å². The Morgan fingerprint density at radius 2 is 1.88 bits per heavy atom. The number of hydrogen-bond acceptors (Lipinski definition) is 2. The van der Waals surface area contributed by atoms with Gasteiger partial charge in [-0.25, -0.2) is 0 Å². The predicted octanol–water partition coefficient (Wildman–Crippen LogP) is 4.77. The maximum Gasteiger partial charge on any atom is 0.172 e. The molecule has 7 heteroatoms. The lowest BCUT2D eigenvalue weighted by atomic mass is 10.1. The number of benzene rings is 2. The Hall–Kier alpha value is -2.08. The Bertz CT molecular complexity index is 880. The summed E-state index contributed by atoms with van der Waals surface area (Å²) in [4.78, 5) is 0. The predicted molar refractivity (Wildman–Crippen MR) is 112 cm³/mol. The number of hydrogen-bond donors (Lipinski definition) is 2. The van der Waals surface area contributed by atoms with Crippen molar-refractivity contribution in [2.24, 2.45) is 0 Å². The lowest BCUT2D eigenvalue weighted by Gasteiger charge is -2.09. The minimum Gasteiger partial charge on any atom is -0.362 e. The van der Waals surface area contributed by atoms with Gasteiger partial charge in [0.1, 0.15) is 0 Å². The van der Waals surface area contributed by atoms with Crippen molar-refractivity contribution in [2.75, 3.05) is 11.9 Å². The second-order valence-electron chi connectivity index (χ2n) is 5.75. The molecular formula is C19H18Cl2N4S. The molecular weight excluding hydrogens is 387 g/mol. The van der Waals surface area contributed by atoms with E-state index in [0.717, 1.165) is 18.5 Å². The molecule has 3 rings (SSSR count). The number of nitrogens with one attached hydrogen (secondary N) is 2. The summed E-state index contributed by atoms with van der Waals surface area (Å²) in [6.07, 6.45) is 2.78. The normalized spacial score (nSPS) is 10.5. The van der Waals surface area contributed by atoms with Crippen LogP contribution in [0.15, 0.2) is 60.8 Å². The fourth-order valence-corrected chi connectivity index (χ4v) is 3.14. The molecule has 0 saturated heterocycles. The zero-order valence-electron chi connectivity index (χ0n) is 14.0. The molecule has 0 atom stereocenters. The highest BCUT2D eigenvalue weighted by Crippen LogP contribution is 2.21. The Kier molecular flexibility index (Phi) is 6.50. The third-order valence-corrected chi connectivity index (χ3v) is 4.61. The van der Waals surface area contributed by atoms with Crippen LogP contribution in [-0.2, 0) is 13.0 Å². The molecule has 0 spiro atoms. The van der Waals surface area contributed by atoms with Crippen molar-refractivity contribution in [1.82, 2.24) is 15.1 Å². The van der Waals surface area contributed by atoms with Crippen LogP contribution in [0.1, 0.15) is 11.1 Å². The van der Waals surface area contributed by atoms with Crippen molar-refractivity contribution < 1.29 is 0 Å². The van der Waals surface area contributed by atoms with E-state index in [1.54, 1.807) is 10.7 Å². The highest BCUT2D eigenvalue weighted by Gasteiger charge is 2.05. The van der Waals surface area contributed by atoms with Gasteiger partial charge in [-0.3, -0.25) is 4.68 Å². The standard InChI is InChI=1S/C19H18Cl2N4S/c20-16-7-6-15(17(21)12-16)13-25-11-9-18(24-25)23-19(26)22-10-8-14-4-2-1-3-5-14/h1-7,9,11-12H,8,10,13H2,(H2,22,23,24,26). The summed E-state index contributed by atoms with van der Waals surface area (Å²) in [7, 11) is 0. The van der Waals surface area contributed by atoms with E-state index in [1.165, 1.54) is 5.56 Å². The number of anilines is 1. The molecule has 4 nitrogen and oxygen atoms in total. The van der Waals surface area contributed by atoms with E-state index in [4.69, 9.17) is 35.4 Å². The fraction of sp³-hybridized carbons (Fsp3) is 0.158. The lowest BCUT2D eigenvalue weighted by molar-refractivity contribution is 0.690. The summed E-state index contributed by atoms with van der Waals surface area (Å²) < 4.78 is 1.80. The van der Waals surface area contributed by atoms with Crippen molar-refractivity contribution in [3.05, 3.63) is 82.0 Å². The van der Waals surface area contributed by atoms with Crippen LogP contribution in [0, 0.1) is 0 Å². The molecule has 0 aliphatic heterocycles. The van der Waals surface area contributed by atoms with Gasteiger partial charge in [0, 0.05) is 28.9 Å². The molecule has 0 fully saturated rings. The van der Waals surface area contributed by atoms with Crippen LogP contribution in [-0.4, -0.2) is 21.4 Å². The summed E-state index contributed by atoms with van der Waals surface area (Å²) in [5, 5.41) is 12.5. The number of rotatable bonds is 6. The van der Waals surface area contributed by atoms with Gasteiger partial charge in [-0.1, -0.05) is 59.6 Å². The van der Waals surface area contributed by atoms with Gasteiger partial charge >= 0.3 is 0 Å². The van der Waals surface area contributed by atoms with Crippen molar-refractivity contribution in [3.8, 4) is 0 Å². The lowest BCUT2D eigenvalue weighted by Crippen LogP contribution is -2.30. The minimum atomic E-state index is 0.552. The number of aromatic nitrogens is 2. The molecule has 1 heterocycles. The highest BCUT2D eigenvalue weighted by atomic mass is 35.5. The summed E-state index contributed by atoms with van der Waals surface area (Å²) in [5.74, 6) is 0.687. The van der Waals surface area contributed by atoms with E-state index < -0.39 is 0 Å². The molecule has 0 unspecified atom stereocenters. The first-order valence-electron chi connectivity index (χ1n) is 8.16. The van der Waals surface area contributed by atoms with Crippen molar-refractivity contribution in [1.29, 1.82) is 0 Å². The molecule has 2 N–H and O–H groups in total. The molecule has 134 valence electrons. The largest absolute Gasteiger partial charge is 0.362 e. The summed E-state index contributed by atoms with van der Waals surface area (Å²) in [6.45, 7) is 1.32. The third kappa shape index (κ3) is 5.46. The van der Waals surface area contributed by atoms with Gasteiger partial charge in [-0.05, 0) is 41.9 Å². The van der Waals surface area contributed by atoms with Crippen molar-refractivity contribution >= 4 is 46.4 Å². The summed E-state index contributed by atoms with van der Waals surface area (Å²) in [5.41, 5.74) is 2.22. The minimum absolute atomic E-state index is 0.552. The average molecular weight is 405 g/mol. The van der Waals surface area contributed by atoms with Crippen LogP contribution >= 0.6 is 35.4 Å². The monoisotopic (exact) mass is 404 g/mol. The van der Waals surface area contributed by atoms with Crippen LogP contribution in [0.3, 0.4) is 0 Å². The first-order valence-corrected chi connectivity index (χ1v) is 9.33. The van der Waals surface area contributed by atoms with Gasteiger partial charge < -0.3 is 10.6 Å². The van der Waals surface area contributed by atoms with Gasteiger partial charge in [-0.15, -0.1) is 0 Å². The molecule has 3 aromatic rings. The third-order valence-electron chi connectivity index (χ3n) is 3.77. The second-order valence-corrected chi connectivity index (χ2v) is 7.00. The summed E-state index contributed by atoms with van der Waals surface area (Å²) in [6, 6.07) is 17.6. The Labute approximate surface area is 168 Å². The average Bonchev–Trinajstić information content (AvgIpc) is 3.05.